The van der Waals surface area contributed by atoms with Crippen LogP contribution in [0.1, 0.15) is 0 Å². The summed E-state index contributed by atoms with van der Waals surface area (Å²) in [6, 6.07) is 12.1. The van der Waals surface area contributed by atoms with Crippen LogP contribution in [0.25, 0.3) is 15.8 Å². The van der Waals surface area contributed by atoms with Crippen molar-refractivity contribution in [3.63, 3.8) is 0 Å². The smallest absolute Gasteiger partial charge is 0.360 e. The molecule has 0 saturated carbocycles. The van der Waals surface area contributed by atoms with Crippen molar-refractivity contribution in [2.24, 2.45) is 0 Å². The Morgan fingerprint density at radius 2 is 1.88 bits per heavy atom. The summed E-state index contributed by atoms with van der Waals surface area (Å²) in [5.41, 5.74) is 0.389. The molecule has 0 atom stereocenters. The lowest BCUT2D eigenvalue weighted by Gasteiger charge is -2.03. The zero-order valence-corrected chi connectivity index (χ0v) is 14.6. The first-order valence-corrected chi connectivity index (χ1v) is 9.59. The van der Waals surface area contributed by atoms with Crippen molar-refractivity contribution in [1.29, 1.82) is 0 Å². The number of furan rings is 1. The summed E-state index contributed by atoms with van der Waals surface area (Å²) in [7, 11) is -1.73. The van der Waals surface area contributed by atoms with Gasteiger partial charge in [0.15, 0.2) is 9.84 Å². The number of methoxy groups -OCH3 is 1. The number of benzene rings is 2. The summed E-state index contributed by atoms with van der Waals surface area (Å²) >= 11 is 1.39. The molecule has 0 bridgehead atoms. The first-order chi connectivity index (χ1) is 11.4. The van der Waals surface area contributed by atoms with Gasteiger partial charge in [-0.05, 0) is 36.4 Å². The Labute approximate surface area is 144 Å². The second-order valence-electron chi connectivity index (χ2n) is 5.06. The van der Waals surface area contributed by atoms with Crippen LogP contribution in [0.15, 0.2) is 61.6 Å². The SMILES string of the molecule is [C-]#[N+]c1oc2cc(S(C)(=O)=O)ccc2c1Sc1ccc(OC)cc1. The lowest BCUT2D eigenvalue weighted by Crippen LogP contribution is -1.95. The predicted octanol–water partition coefficient (Wildman–Crippen LogP) is 4.55. The Kier molecular flexibility index (Phi) is 4.26. The summed E-state index contributed by atoms with van der Waals surface area (Å²) in [5, 5.41) is 0.717. The van der Waals surface area contributed by atoms with Crippen LogP contribution in [0.2, 0.25) is 0 Å². The number of rotatable bonds is 4. The van der Waals surface area contributed by atoms with Crippen LogP contribution in [0, 0.1) is 6.57 Å². The van der Waals surface area contributed by atoms with Crippen molar-refractivity contribution >= 4 is 38.5 Å². The van der Waals surface area contributed by atoms with Gasteiger partial charge in [0.2, 0.25) is 0 Å². The minimum absolute atomic E-state index is 0.150. The minimum Gasteiger partial charge on any atom is -0.497 e. The van der Waals surface area contributed by atoms with Gasteiger partial charge in [0.25, 0.3) is 0 Å². The van der Waals surface area contributed by atoms with Gasteiger partial charge in [0.05, 0.1) is 23.5 Å². The van der Waals surface area contributed by atoms with E-state index in [-0.39, 0.29) is 10.8 Å². The second kappa shape index (κ2) is 6.23. The van der Waals surface area contributed by atoms with Crippen LogP contribution in [0.3, 0.4) is 0 Å². The van der Waals surface area contributed by atoms with Crippen molar-refractivity contribution in [1.82, 2.24) is 0 Å². The second-order valence-corrected chi connectivity index (χ2v) is 8.16. The van der Waals surface area contributed by atoms with E-state index in [1.165, 1.54) is 23.9 Å². The van der Waals surface area contributed by atoms with E-state index in [2.05, 4.69) is 4.85 Å². The maximum Gasteiger partial charge on any atom is 0.360 e. The fourth-order valence-corrected chi connectivity index (χ4v) is 3.80. The predicted molar refractivity (Wildman–Crippen MR) is 92.7 cm³/mol. The molecule has 3 rings (SSSR count). The van der Waals surface area contributed by atoms with E-state index in [1.807, 2.05) is 24.3 Å². The maximum atomic E-state index is 11.7. The average molecular weight is 359 g/mol. The molecule has 0 saturated heterocycles. The third kappa shape index (κ3) is 3.11. The molecular weight excluding hydrogens is 346 g/mol. The Hall–Kier alpha value is -2.43. The first-order valence-electron chi connectivity index (χ1n) is 6.88. The fourth-order valence-electron chi connectivity index (χ4n) is 2.20. The number of hydrogen-bond donors (Lipinski definition) is 0. The molecule has 0 radical (unpaired) electrons. The van der Waals surface area contributed by atoms with Gasteiger partial charge < -0.3 is 9.15 Å². The number of nitrogens with zero attached hydrogens (tertiary/aromatic N) is 1. The fraction of sp³-hybridized carbons (Fsp3) is 0.118. The number of hydrogen-bond acceptors (Lipinski definition) is 5. The Bertz CT molecular complexity index is 1040. The van der Waals surface area contributed by atoms with Gasteiger partial charge in [-0.15, -0.1) is 0 Å². The molecule has 5 nitrogen and oxygen atoms in total. The quantitative estimate of drug-likeness (QED) is 0.640. The standard InChI is InChI=1S/C17H13NO4S2/c1-18-17-16(23-12-6-4-11(21-2)5-7-12)14-9-8-13(24(3,19)20)10-15(14)22-17/h4-10H,2-3H3. The van der Waals surface area contributed by atoms with Crippen molar-refractivity contribution in [3.05, 3.63) is 53.9 Å². The number of sulfone groups is 1. The molecule has 7 heteroatoms. The number of fused-ring (bicyclic) bond motifs is 1. The largest absolute Gasteiger partial charge is 0.497 e. The molecule has 0 aliphatic rings. The Morgan fingerprint density at radius 3 is 2.46 bits per heavy atom. The van der Waals surface area contributed by atoms with Crippen LogP contribution in [0.4, 0.5) is 5.88 Å². The summed E-state index contributed by atoms with van der Waals surface area (Å²) in [6.45, 7) is 7.30. The van der Waals surface area contributed by atoms with E-state index >= 15 is 0 Å². The molecule has 0 spiro atoms. The monoisotopic (exact) mass is 359 g/mol. The van der Waals surface area contributed by atoms with Gasteiger partial charge in [0.1, 0.15) is 11.3 Å². The van der Waals surface area contributed by atoms with Gasteiger partial charge in [-0.1, -0.05) is 17.8 Å². The minimum atomic E-state index is -3.33. The van der Waals surface area contributed by atoms with E-state index in [0.29, 0.717) is 15.9 Å². The third-order valence-electron chi connectivity index (χ3n) is 3.41. The molecule has 0 aliphatic carbocycles. The summed E-state index contributed by atoms with van der Waals surface area (Å²) in [4.78, 5) is 5.18. The highest BCUT2D eigenvalue weighted by molar-refractivity contribution is 7.99. The van der Waals surface area contributed by atoms with Gasteiger partial charge >= 0.3 is 5.88 Å². The van der Waals surface area contributed by atoms with Gasteiger partial charge in [-0.25, -0.2) is 8.42 Å². The lowest BCUT2D eigenvalue weighted by molar-refractivity contribution is 0.414. The first kappa shape index (κ1) is 16.4. The number of ether oxygens (including phenoxy) is 1. The highest BCUT2D eigenvalue weighted by atomic mass is 32.2. The van der Waals surface area contributed by atoms with Crippen molar-refractivity contribution < 1.29 is 17.6 Å². The highest BCUT2D eigenvalue weighted by Crippen LogP contribution is 2.43. The molecule has 0 unspecified atom stereocenters. The van der Waals surface area contributed by atoms with E-state index in [1.54, 1.807) is 13.2 Å². The van der Waals surface area contributed by atoms with Gasteiger partial charge in [-0.2, -0.15) is 4.85 Å². The molecule has 24 heavy (non-hydrogen) atoms. The summed E-state index contributed by atoms with van der Waals surface area (Å²) in [6.07, 6.45) is 1.14. The van der Waals surface area contributed by atoms with Crippen LogP contribution in [0.5, 0.6) is 5.75 Å². The maximum absolute atomic E-state index is 11.7. The van der Waals surface area contributed by atoms with Crippen molar-refractivity contribution in [3.8, 4) is 5.75 Å². The van der Waals surface area contributed by atoms with Crippen molar-refractivity contribution in [2.45, 2.75) is 14.7 Å². The van der Waals surface area contributed by atoms with Crippen LogP contribution < -0.4 is 4.74 Å². The van der Waals surface area contributed by atoms with E-state index in [9.17, 15) is 8.42 Å². The van der Waals surface area contributed by atoms with E-state index in [4.69, 9.17) is 15.7 Å². The van der Waals surface area contributed by atoms with Gasteiger partial charge in [0, 0.05) is 16.5 Å². The average Bonchev–Trinajstić information content (AvgIpc) is 2.92. The normalized spacial score (nSPS) is 11.4. The molecule has 0 aliphatic heterocycles. The van der Waals surface area contributed by atoms with Crippen LogP contribution in [-0.4, -0.2) is 21.8 Å². The van der Waals surface area contributed by atoms with E-state index < -0.39 is 9.84 Å². The van der Waals surface area contributed by atoms with Crippen LogP contribution in [-0.2, 0) is 9.84 Å². The topological polar surface area (TPSA) is 60.9 Å². The molecule has 122 valence electrons. The zero-order valence-electron chi connectivity index (χ0n) is 12.9. The molecule has 3 aromatic rings. The van der Waals surface area contributed by atoms with Gasteiger partial charge in [-0.3, -0.25) is 0 Å². The molecule has 2 aromatic carbocycles. The van der Waals surface area contributed by atoms with Crippen molar-refractivity contribution in [2.75, 3.05) is 13.4 Å². The molecule has 1 aromatic heterocycles. The Morgan fingerprint density at radius 1 is 1.17 bits per heavy atom. The lowest BCUT2D eigenvalue weighted by atomic mass is 10.2. The third-order valence-corrected chi connectivity index (χ3v) is 5.62. The summed E-state index contributed by atoms with van der Waals surface area (Å²) < 4.78 is 34.0. The highest BCUT2D eigenvalue weighted by Gasteiger charge is 2.18. The summed E-state index contributed by atoms with van der Waals surface area (Å²) in [5.74, 6) is 0.899. The molecule has 0 fully saturated rings. The zero-order chi connectivity index (χ0) is 17.3. The molecular formula is C17H13NO4S2. The molecule has 0 N–H and O–H groups in total. The van der Waals surface area contributed by atoms with E-state index in [0.717, 1.165) is 16.9 Å². The molecule has 1 heterocycles. The molecule has 0 amide bonds. The van der Waals surface area contributed by atoms with Crippen LogP contribution >= 0.6 is 11.8 Å². The Balaban J connectivity index is 2.07.